The number of rotatable bonds is 8. The molecular formula is C22H16I6N2O8. The topological polar surface area (TPSA) is 148 Å². The van der Waals surface area contributed by atoms with Crippen LogP contribution >= 0.6 is 136 Å². The highest BCUT2D eigenvalue weighted by molar-refractivity contribution is 14.1. The van der Waals surface area contributed by atoms with Crippen molar-refractivity contribution >= 4 is 177 Å². The van der Waals surface area contributed by atoms with Crippen molar-refractivity contribution in [2.24, 2.45) is 0 Å². The van der Waals surface area contributed by atoms with E-state index in [1.165, 1.54) is 20.8 Å². The van der Waals surface area contributed by atoms with E-state index >= 15 is 0 Å². The maximum Gasteiger partial charge on any atom is 0.390 e. The first-order chi connectivity index (χ1) is 17.6. The van der Waals surface area contributed by atoms with Crippen LogP contribution in [0.15, 0.2) is 12.1 Å². The van der Waals surface area contributed by atoms with Crippen LogP contribution in [0.1, 0.15) is 47.9 Å². The Morgan fingerprint density at radius 1 is 0.737 bits per heavy atom. The average molecular weight is 1200 g/mol. The molecule has 204 valence electrons. The number of carboxylic acid groups (broad SMARTS) is 1. The van der Waals surface area contributed by atoms with Crippen molar-refractivity contribution in [3.8, 4) is 0 Å². The molecule has 0 radical (unpaired) electrons. The summed E-state index contributed by atoms with van der Waals surface area (Å²) in [6, 6.07) is 3.26. The summed E-state index contributed by atoms with van der Waals surface area (Å²) in [5, 5.41) is 15.4. The summed E-state index contributed by atoms with van der Waals surface area (Å²) in [5.41, 5.74) is 0.761. The molecule has 0 aliphatic rings. The second kappa shape index (κ2) is 14.4. The number of hydrogen-bond acceptors (Lipinski definition) is 7. The number of carbonyl (C=O) groups is 5. The summed E-state index contributed by atoms with van der Waals surface area (Å²) in [4.78, 5) is 62.4. The lowest BCUT2D eigenvalue weighted by Crippen LogP contribution is -2.47. The van der Waals surface area contributed by atoms with Gasteiger partial charge in [-0.25, -0.2) is 14.4 Å². The van der Waals surface area contributed by atoms with Crippen molar-refractivity contribution in [2.75, 3.05) is 10.6 Å². The van der Waals surface area contributed by atoms with Gasteiger partial charge in [-0.2, -0.15) is 0 Å². The SMILES string of the molecule is CCC(OC(=O)c1c(I)cc(I)c(NC(C)=O)c1I)(OC(=O)c1c(I)cc(I)c(NC(C)=O)c1I)C(=O)O. The molecule has 2 aromatic carbocycles. The van der Waals surface area contributed by atoms with E-state index in [2.05, 4.69) is 10.6 Å². The molecule has 0 aliphatic heterocycles. The zero-order valence-electron chi connectivity index (χ0n) is 19.4. The average Bonchev–Trinajstić information content (AvgIpc) is 2.78. The van der Waals surface area contributed by atoms with Gasteiger partial charge in [0.1, 0.15) is 0 Å². The summed E-state index contributed by atoms with van der Waals surface area (Å²) in [7, 11) is 0. The van der Waals surface area contributed by atoms with E-state index in [4.69, 9.17) is 9.47 Å². The number of ether oxygens (including phenoxy) is 2. The number of esters is 2. The monoisotopic (exact) mass is 1200 g/mol. The second-order valence-corrected chi connectivity index (χ2v) is 14.2. The number of nitrogens with one attached hydrogen (secondary N) is 2. The number of hydrogen-bond donors (Lipinski definition) is 3. The number of aliphatic carboxylic acids is 1. The van der Waals surface area contributed by atoms with E-state index < -0.39 is 30.1 Å². The molecule has 3 N–H and O–H groups in total. The zero-order chi connectivity index (χ0) is 29.1. The van der Waals surface area contributed by atoms with Crippen LogP contribution in [0, 0.1) is 21.4 Å². The standard InChI is InChI=1S/C22H16I6N2O8/c1-4-22(21(35)36,37-19(33)13-9(23)5-11(25)17(15(13)27)29-7(2)31)38-20(34)14-10(24)6-12(26)18(16(14)28)30-8(3)32/h5-6H,4H2,1-3H3,(H,29,31)(H,30,32)(H,35,36). The molecule has 0 aliphatic carbocycles. The molecular weight excluding hydrogens is 1180 g/mol. The maximum atomic E-state index is 13.3. The van der Waals surface area contributed by atoms with Gasteiger partial charge in [0.25, 0.3) is 0 Å². The van der Waals surface area contributed by atoms with Gasteiger partial charge in [-0.05, 0) is 148 Å². The summed E-state index contributed by atoms with van der Waals surface area (Å²) in [6.07, 6.45) is -0.397. The predicted octanol–water partition coefficient (Wildman–Crippen LogP) is 6.44. The van der Waals surface area contributed by atoms with Crippen molar-refractivity contribution in [3.63, 3.8) is 0 Å². The zero-order valence-corrected chi connectivity index (χ0v) is 32.4. The van der Waals surface area contributed by atoms with Crippen LogP contribution in [-0.4, -0.2) is 40.6 Å². The van der Waals surface area contributed by atoms with Crippen LogP contribution < -0.4 is 10.6 Å². The lowest BCUT2D eigenvalue weighted by molar-refractivity contribution is -0.205. The number of carbonyl (C=O) groups excluding carboxylic acids is 4. The Kier molecular flexibility index (Phi) is 13.0. The number of anilines is 2. The number of carboxylic acids is 1. The van der Waals surface area contributed by atoms with E-state index in [1.54, 1.807) is 12.1 Å². The molecule has 0 bridgehead atoms. The summed E-state index contributed by atoms with van der Waals surface area (Å²) >= 11 is 11.5. The molecule has 2 amide bonds. The Balaban J connectivity index is 2.56. The van der Waals surface area contributed by atoms with E-state index in [9.17, 15) is 29.1 Å². The van der Waals surface area contributed by atoms with Gasteiger partial charge in [0.15, 0.2) is 0 Å². The first-order valence-electron chi connectivity index (χ1n) is 10.2. The highest BCUT2D eigenvalue weighted by atomic mass is 127. The molecule has 38 heavy (non-hydrogen) atoms. The Hall–Kier alpha value is 0.170. The third-order valence-corrected chi connectivity index (χ3v) is 10.2. The van der Waals surface area contributed by atoms with Crippen molar-refractivity contribution in [2.45, 2.75) is 33.0 Å². The van der Waals surface area contributed by atoms with Crippen LogP contribution in [-0.2, 0) is 23.9 Å². The molecule has 0 unspecified atom stereocenters. The van der Waals surface area contributed by atoms with Crippen LogP contribution in [0.4, 0.5) is 11.4 Å². The van der Waals surface area contributed by atoms with Gasteiger partial charge in [0, 0.05) is 34.5 Å². The number of benzene rings is 2. The molecule has 10 nitrogen and oxygen atoms in total. The predicted molar refractivity (Wildman–Crippen MR) is 189 cm³/mol. The first kappa shape index (κ1) is 34.4. The van der Waals surface area contributed by atoms with Gasteiger partial charge >= 0.3 is 23.7 Å². The van der Waals surface area contributed by atoms with Gasteiger partial charge in [0.2, 0.25) is 11.8 Å². The lowest BCUT2D eigenvalue weighted by Gasteiger charge is -2.28. The van der Waals surface area contributed by atoms with Gasteiger partial charge in [0.05, 0.1) is 29.6 Å². The highest BCUT2D eigenvalue weighted by Crippen LogP contribution is 2.36. The molecule has 0 atom stereocenters. The third-order valence-electron chi connectivity index (χ3n) is 4.66. The van der Waals surface area contributed by atoms with Crippen LogP contribution in [0.25, 0.3) is 0 Å². The van der Waals surface area contributed by atoms with Crippen LogP contribution in [0.2, 0.25) is 0 Å². The molecule has 0 saturated heterocycles. The fourth-order valence-corrected chi connectivity index (χ4v) is 11.1. The lowest BCUT2D eigenvalue weighted by atomic mass is 10.1. The second-order valence-electron chi connectivity index (χ2n) is 7.36. The van der Waals surface area contributed by atoms with E-state index in [1.807, 2.05) is 136 Å². The molecule has 16 heteroatoms. The minimum absolute atomic E-state index is 0.0110. The molecule has 0 fully saturated rings. The van der Waals surface area contributed by atoms with E-state index in [0.29, 0.717) is 32.8 Å². The molecule has 0 saturated carbocycles. The normalized spacial score (nSPS) is 11.0. The van der Waals surface area contributed by atoms with Crippen molar-refractivity contribution in [3.05, 3.63) is 44.7 Å². The molecule has 0 spiro atoms. The number of halogens is 6. The quantitative estimate of drug-likeness (QED) is 0.156. The Labute approximate surface area is 299 Å². The van der Waals surface area contributed by atoms with Crippen molar-refractivity contribution in [1.82, 2.24) is 0 Å². The smallest absolute Gasteiger partial charge is 0.390 e. The fraction of sp³-hybridized carbons (Fsp3) is 0.227. The third kappa shape index (κ3) is 7.92. The van der Waals surface area contributed by atoms with E-state index in [-0.39, 0.29) is 22.9 Å². The minimum Gasteiger partial charge on any atom is -0.475 e. The summed E-state index contributed by atoms with van der Waals surface area (Å²) in [6.45, 7) is 4.03. The van der Waals surface area contributed by atoms with Gasteiger partial charge in [-0.15, -0.1) is 0 Å². The van der Waals surface area contributed by atoms with Gasteiger partial charge in [-0.1, -0.05) is 6.92 Å². The number of amides is 2. The van der Waals surface area contributed by atoms with Gasteiger partial charge in [-0.3, -0.25) is 9.59 Å². The molecule has 2 rings (SSSR count). The summed E-state index contributed by atoms with van der Waals surface area (Å²) < 4.78 is 13.7. The highest BCUT2D eigenvalue weighted by Gasteiger charge is 2.47. The van der Waals surface area contributed by atoms with Crippen LogP contribution in [0.5, 0.6) is 0 Å². The molecule has 0 heterocycles. The Morgan fingerprint density at radius 2 is 1.08 bits per heavy atom. The van der Waals surface area contributed by atoms with Crippen molar-refractivity contribution in [1.29, 1.82) is 0 Å². The maximum absolute atomic E-state index is 13.3. The minimum atomic E-state index is -2.65. The molecule has 2 aromatic rings. The fourth-order valence-electron chi connectivity index (χ4n) is 2.94. The molecule has 0 aromatic heterocycles. The van der Waals surface area contributed by atoms with Crippen molar-refractivity contribution < 1.29 is 38.6 Å². The van der Waals surface area contributed by atoms with Crippen LogP contribution in [0.3, 0.4) is 0 Å². The van der Waals surface area contributed by atoms with E-state index in [0.717, 1.165) is 0 Å². The first-order valence-corrected chi connectivity index (χ1v) is 16.6. The summed E-state index contributed by atoms with van der Waals surface area (Å²) in [5.74, 6) is -7.15. The van der Waals surface area contributed by atoms with Gasteiger partial charge < -0.3 is 25.2 Å². The Bertz CT molecular complexity index is 1270. The largest absolute Gasteiger partial charge is 0.475 e. The Morgan fingerprint density at radius 3 is 1.34 bits per heavy atom.